The van der Waals surface area contributed by atoms with E-state index in [0.29, 0.717) is 36.2 Å². The molecule has 0 saturated carbocycles. The molecule has 0 unspecified atom stereocenters. The van der Waals surface area contributed by atoms with Crippen LogP contribution in [0.1, 0.15) is 0 Å². The summed E-state index contributed by atoms with van der Waals surface area (Å²) >= 11 is 3.35. The third kappa shape index (κ3) is 4.69. The van der Waals surface area contributed by atoms with Gasteiger partial charge in [-0.25, -0.2) is 4.79 Å². The van der Waals surface area contributed by atoms with Gasteiger partial charge in [-0.3, -0.25) is 10.1 Å². The van der Waals surface area contributed by atoms with Crippen LogP contribution in [-0.4, -0.2) is 45.4 Å². The molecule has 0 bridgehead atoms. The van der Waals surface area contributed by atoms with Crippen LogP contribution in [-0.2, 0) is 11.3 Å². The first-order valence-electron chi connectivity index (χ1n) is 8.61. The number of rotatable bonds is 4. The van der Waals surface area contributed by atoms with Crippen molar-refractivity contribution >= 4 is 33.6 Å². The molecule has 2 heterocycles. The highest BCUT2D eigenvalue weighted by Gasteiger charge is 2.15. The molecule has 0 fully saturated rings. The van der Waals surface area contributed by atoms with Gasteiger partial charge in [0.05, 0.1) is 0 Å². The minimum atomic E-state index is -0.681. The second kappa shape index (κ2) is 8.27. The van der Waals surface area contributed by atoms with Gasteiger partial charge in [-0.2, -0.15) is 4.80 Å². The molecule has 2 aromatic carbocycles. The molecule has 10 nitrogen and oxygen atoms in total. The van der Waals surface area contributed by atoms with E-state index in [1.54, 1.807) is 18.2 Å². The van der Waals surface area contributed by atoms with Crippen molar-refractivity contribution in [2.75, 3.05) is 18.5 Å². The number of urea groups is 1. The quantitative estimate of drug-likeness (QED) is 0.614. The standard InChI is InChI=1S/C18H15BrN6O4/c19-12-3-1-11(2-4-12)17-22-24-25(23-17)10-16(26)21-18(27)20-13-5-6-14-15(9-13)29-8-7-28-14/h1-6,9H,7-8,10H2,(H2,20,21,26,27). The summed E-state index contributed by atoms with van der Waals surface area (Å²) in [6.45, 7) is 0.668. The van der Waals surface area contributed by atoms with E-state index in [4.69, 9.17) is 9.47 Å². The number of aromatic nitrogens is 4. The molecule has 1 aromatic heterocycles. The number of hydrogen-bond acceptors (Lipinski definition) is 7. The lowest BCUT2D eigenvalue weighted by molar-refractivity contribution is -0.120. The summed E-state index contributed by atoms with van der Waals surface area (Å²) in [7, 11) is 0. The van der Waals surface area contributed by atoms with E-state index in [1.165, 1.54) is 0 Å². The first-order chi connectivity index (χ1) is 14.1. The average molecular weight is 459 g/mol. The van der Waals surface area contributed by atoms with Gasteiger partial charge in [0.25, 0.3) is 5.91 Å². The minimum absolute atomic E-state index is 0.252. The van der Waals surface area contributed by atoms with Crippen LogP contribution in [0, 0.1) is 0 Å². The SMILES string of the molecule is O=C(Cn1nnc(-c2ccc(Br)cc2)n1)NC(=O)Nc1ccc2c(c1)OCCO2. The van der Waals surface area contributed by atoms with Gasteiger partial charge in [-0.15, -0.1) is 10.2 Å². The van der Waals surface area contributed by atoms with Crippen molar-refractivity contribution in [3.8, 4) is 22.9 Å². The number of halogens is 1. The molecule has 11 heteroatoms. The summed E-state index contributed by atoms with van der Waals surface area (Å²) in [4.78, 5) is 25.3. The van der Waals surface area contributed by atoms with Crippen molar-refractivity contribution < 1.29 is 19.1 Å². The summed E-state index contributed by atoms with van der Waals surface area (Å²) in [5, 5.41) is 16.7. The van der Waals surface area contributed by atoms with Crippen LogP contribution in [0.25, 0.3) is 11.4 Å². The number of carbonyl (C=O) groups excluding carboxylic acids is 2. The smallest absolute Gasteiger partial charge is 0.325 e. The highest BCUT2D eigenvalue weighted by atomic mass is 79.9. The number of fused-ring (bicyclic) bond motifs is 1. The highest BCUT2D eigenvalue weighted by Crippen LogP contribution is 2.32. The lowest BCUT2D eigenvalue weighted by Gasteiger charge is -2.19. The maximum absolute atomic E-state index is 12.1. The van der Waals surface area contributed by atoms with E-state index in [1.807, 2.05) is 24.3 Å². The first-order valence-corrected chi connectivity index (χ1v) is 9.40. The van der Waals surface area contributed by atoms with E-state index in [-0.39, 0.29) is 6.54 Å². The topological polar surface area (TPSA) is 120 Å². The van der Waals surface area contributed by atoms with Gasteiger partial charge in [0.2, 0.25) is 5.82 Å². The van der Waals surface area contributed by atoms with E-state index in [0.717, 1.165) is 14.8 Å². The molecule has 0 spiro atoms. The fourth-order valence-corrected chi connectivity index (χ4v) is 2.87. The number of nitrogens with zero attached hydrogens (tertiary/aromatic N) is 4. The Balaban J connectivity index is 1.32. The molecule has 2 N–H and O–H groups in total. The van der Waals surface area contributed by atoms with Gasteiger partial charge in [-0.1, -0.05) is 15.9 Å². The Morgan fingerprint density at radius 3 is 2.62 bits per heavy atom. The number of amides is 3. The lowest BCUT2D eigenvalue weighted by atomic mass is 10.2. The van der Waals surface area contributed by atoms with Gasteiger partial charge >= 0.3 is 6.03 Å². The van der Waals surface area contributed by atoms with Gasteiger partial charge < -0.3 is 14.8 Å². The maximum Gasteiger partial charge on any atom is 0.325 e. The van der Waals surface area contributed by atoms with Crippen LogP contribution in [0.2, 0.25) is 0 Å². The molecular formula is C18H15BrN6O4. The van der Waals surface area contributed by atoms with E-state index in [2.05, 4.69) is 42.0 Å². The predicted molar refractivity (Wildman–Crippen MR) is 106 cm³/mol. The molecule has 148 valence electrons. The summed E-state index contributed by atoms with van der Waals surface area (Å²) in [5.41, 5.74) is 1.23. The summed E-state index contributed by atoms with van der Waals surface area (Å²) < 4.78 is 11.8. The van der Waals surface area contributed by atoms with Crippen molar-refractivity contribution in [3.63, 3.8) is 0 Å². The number of nitrogens with one attached hydrogen (secondary N) is 2. The van der Waals surface area contributed by atoms with Crippen molar-refractivity contribution in [3.05, 3.63) is 46.9 Å². The Morgan fingerprint density at radius 2 is 1.83 bits per heavy atom. The van der Waals surface area contributed by atoms with Crippen LogP contribution >= 0.6 is 15.9 Å². The molecule has 0 aliphatic carbocycles. The third-order valence-corrected chi connectivity index (χ3v) is 4.42. The van der Waals surface area contributed by atoms with Crippen molar-refractivity contribution in [1.82, 2.24) is 25.5 Å². The van der Waals surface area contributed by atoms with Gasteiger partial charge in [0, 0.05) is 21.8 Å². The Labute approximate surface area is 173 Å². The Morgan fingerprint density at radius 1 is 1.07 bits per heavy atom. The molecule has 1 aliphatic heterocycles. The van der Waals surface area contributed by atoms with Crippen LogP contribution in [0.4, 0.5) is 10.5 Å². The zero-order chi connectivity index (χ0) is 20.2. The number of carbonyl (C=O) groups is 2. The Hall–Kier alpha value is -3.47. The summed E-state index contributed by atoms with van der Waals surface area (Å²) in [6.07, 6.45) is 0. The number of imide groups is 1. The zero-order valence-electron chi connectivity index (χ0n) is 15.0. The molecule has 3 aromatic rings. The fourth-order valence-electron chi connectivity index (χ4n) is 2.60. The number of anilines is 1. The van der Waals surface area contributed by atoms with Crippen molar-refractivity contribution in [1.29, 1.82) is 0 Å². The normalized spacial score (nSPS) is 12.3. The van der Waals surface area contributed by atoms with E-state index in [9.17, 15) is 9.59 Å². The van der Waals surface area contributed by atoms with Crippen LogP contribution in [0.15, 0.2) is 46.9 Å². The molecule has 29 heavy (non-hydrogen) atoms. The summed E-state index contributed by atoms with van der Waals surface area (Å²) in [5.74, 6) is 0.940. The predicted octanol–water partition coefficient (Wildman–Crippen LogP) is 2.22. The Kier molecular flexibility index (Phi) is 5.38. The largest absolute Gasteiger partial charge is 0.486 e. The Bertz CT molecular complexity index is 1050. The second-order valence-electron chi connectivity index (χ2n) is 6.01. The molecule has 0 saturated heterocycles. The maximum atomic E-state index is 12.1. The molecule has 3 amide bonds. The monoisotopic (exact) mass is 458 g/mol. The first kappa shape index (κ1) is 18.9. The third-order valence-electron chi connectivity index (χ3n) is 3.89. The molecule has 4 rings (SSSR count). The summed E-state index contributed by atoms with van der Waals surface area (Å²) in [6, 6.07) is 11.6. The van der Waals surface area contributed by atoms with Crippen molar-refractivity contribution in [2.24, 2.45) is 0 Å². The average Bonchev–Trinajstić information content (AvgIpc) is 3.16. The van der Waals surface area contributed by atoms with Gasteiger partial charge in [0.15, 0.2) is 11.5 Å². The van der Waals surface area contributed by atoms with E-state index >= 15 is 0 Å². The molecule has 0 radical (unpaired) electrons. The second-order valence-corrected chi connectivity index (χ2v) is 6.93. The number of hydrogen-bond donors (Lipinski definition) is 2. The van der Waals surface area contributed by atoms with Gasteiger partial charge in [-0.05, 0) is 41.6 Å². The number of tetrazole rings is 1. The highest BCUT2D eigenvalue weighted by molar-refractivity contribution is 9.10. The van der Waals surface area contributed by atoms with Gasteiger partial charge in [0.1, 0.15) is 19.8 Å². The van der Waals surface area contributed by atoms with Crippen LogP contribution in [0.5, 0.6) is 11.5 Å². The molecular weight excluding hydrogens is 444 g/mol. The van der Waals surface area contributed by atoms with Crippen LogP contribution < -0.4 is 20.1 Å². The molecule has 1 aliphatic rings. The zero-order valence-corrected chi connectivity index (χ0v) is 16.5. The fraction of sp³-hybridized carbons (Fsp3) is 0.167. The molecule has 0 atom stereocenters. The lowest BCUT2D eigenvalue weighted by Crippen LogP contribution is -2.37. The van der Waals surface area contributed by atoms with Crippen molar-refractivity contribution in [2.45, 2.75) is 6.54 Å². The minimum Gasteiger partial charge on any atom is -0.486 e. The van der Waals surface area contributed by atoms with Crippen LogP contribution in [0.3, 0.4) is 0 Å². The van der Waals surface area contributed by atoms with E-state index < -0.39 is 11.9 Å². The number of ether oxygens (including phenoxy) is 2. The number of benzene rings is 2.